The highest BCUT2D eigenvalue weighted by Gasteiger charge is 2.29. The molecule has 0 amide bonds. The molecule has 0 aliphatic carbocycles. The molecule has 2 rings (SSSR count). The Labute approximate surface area is 226 Å². The summed E-state index contributed by atoms with van der Waals surface area (Å²) in [6.45, 7) is 5.24. The van der Waals surface area contributed by atoms with Crippen LogP contribution >= 0.6 is 7.60 Å². The Morgan fingerprint density at radius 1 is 1.03 bits per heavy atom. The van der Waals surface area contributed by atoms with E-state index in [2.05, 4.69) is 10.1 Å². The molecular weight excluding hydrogens is 539 g/mol. The topological polar surface area (TPSA) is 181 Å². The second-order valence-electron chi connectivity index (χ2n) is 8.76. The van der Waals surface area contributed by atoms with Crippen LogP contribution in [-0.4, -0.2) is 78.9 Å². The first-order chi connectivity index (χ1) is 18.5. The molecule has 2 heterocycles. The first-order valence-corrected chi connectivity index (χ1v) is 14.0. The molecule has 220 valence electrons. The van der Waals surface area contributed by atoms with Gasteiger partial charge in [-0.05, 0) is 59.1 Å². The van der Waals surface area contributed by atoms with Crippen molar-refractivity contribution in [2.24, 2.45) is 0 Å². The second kappa shape index (κ2) is 16.2. The molecule has 0 saturated heterocycles. The summed E-state index contributed by atoms with van der Waals surface area (Å²) in [7, 11) is -2.57. The predicted molar refractivity (Wildman–Crippen MR) is 137 cm³/mol. The Balaban J connectivity index is 1.94. The third-order valence-electron chi connectivity index (χ3n) is 4.86. The number of rotatable bonds is 17. The van der Waals surface area contributed by atoms with Crippen LogP contribution in [0.4, 0.5) is 15.4 Å². The molecular formula is C23H37N4O11P. The monoisotopic (exact) mass is 576 g/mol. The second-order valence-corrected chi connectivity index (χ2v) is 10.8. The van der Waals surface area contributed by atoms with Crippen molar-refractivity contribution in [2.75, 3.05) is 39.4 Å². The van der Waals surface area contributed by atoms with Crippen molar-refractivity contribution < 1.29 is 51.6 Å². The van der Waals surface area contributed by atoms with Crippen LogP contribution in [0.5, 0.6) is 0 Å². The van der Waals surface area contributed by atoms with Gasteiger partial charge in [0, 0.05) is 12.8 Å². The van der Waals surface area contributed by atoms with E-state index >= 15 is 0 Å². The average Bonchev–Trinajstić information content (AvgIpc) is 3.26. The van der Waals surface area contributed by atoms with Crippen molar-refractivity contribution in [1.29, 1.82) is 0 Å². The van der Waals surface area contributed by atoms with Crippen molar-refractivity contribution in [1.82, 2.24) is 14.6 Å². The molecule has 15 nitrogen and oxygen atoms in total. The number of hydrogen-bond acceptors (Lipinski definition) is 14. The quantitative estimate of drug-likeness (QED) is 0.163. The molecule has 1 atom stereocenters. The first kappa shape index (κ1) is 32.2. The van der Waals surface area contributed by atoms with E-state index < -0.39 is 58.2 Å². The lowest BCUT2D eigenvalue weighted by Gasteiger charge is -2.22. The number of aryl methyl sites for hydroxylation is 1. The van der Waals surface area contributed by atoms with Crippen molar-refractivity contribution >= 4 is 31.2 Å². The van der Waals surface area contributed by atoms with E-state index in [0.29, 0.717) is 30.6 Å². The maximum atomic E-state index is 13.3. The van der Waals surface area contributed by atoms with E-state index in [1.807, 2.05) is 12.1 Å². The van der Waals surface area contributed by atoms with E-state index in [-0.39, 0.29) is 6.61 Å². The van der Waals surface area contributed by atoms with Crippen LogP contribution in [0.15, 0.2) is 18.5 Å². The molecule has 16 heteroatoms. The summed E-state index contributed by atoms with van der Waals surface area (Å²) in [5.41, 5.74) is 7.53. The summed E-state index contributed by atoms with van der Waals surface area (Å²) < 4.78 is 55.5. The molecule has 2 aromatic rings. The van der Waals surface area contributed by atoms with Crippen LogP contribution in [0, 0.1) is 0 Å². The Morgan fingerprint density at radius 2 is 1.64 bits per heavy atom. The van der Waals surface area contributed by atoms with Crippen LogP contribution in [-0.2, 0) is 48.5 Å². The number of nitrogens with zero attached hydrogens (tertiary/aromatic N) is 3. The molecule has 0 fully saturated rings. The minimum atomic E-state index is -4.07. The molecule has 0 saturated carbocycles. The molecule has 39 heavy (non-hydrogen) atoms. The maximum absolute atomic E-state index is 13.3. The largest absolute Gasteiger partial charge is 0.510 e. The molecule has 0 radical (unpaired) electrons. The summed E-state index contributed by atoms with van der Waals surface area (Å²) in [5.74, 6) is 0.385. The van der Waals surface area contributed by atoms with E-state index in [0.717, 1.165) is 5.69 Å². The minimum absolute atomic E-state index is 0.193. The SMILES string of the molecule is COCC(CCCc1ccc2c(N)ncnn12)OCP(=O)(OCOC(=O)OC(C)C)OCOC(=O)OC(C)C. The zero-order valence-corrected chi connectivity index (χ0v) is 23.7. The van der Waals surface area contributed by atoms with Gasteiger partial charge in [-0.2, -0.15) is 5.10 Å². The number of methoxy groups -OCH3 is 1. The van der Waals surface area contributed by atoms with Gasteiger partial charge in [0.25, 0.3) is 0 Å². The van der Waals surface area contributed by atoms with Crippen molar-refractivity contribution in [3.8, 4) is 0 Å². The van der Waals surface area contributed by atoms with Crippen molar-refractivity contribution in [2.45, 2.75) is 65.3 Å². The number of aromatic nitrogens is 3. The van der Waals surface area contributed by atoms with Crippen LogP contribution in [0.1, 0.15) is 46.2 Å². The number of nitrogens with two attached hydrogens (primary N) is 1. The zero-order chi connectivity index (χ0) is 28.8. The van der Waals surface area contributed by atoms with Crippen LogP contribution in [0.3, 0.4) is 0 Å². The van der Waals surface area contributed by atoms with Gasteiger partial charge in [0.1, 0.15) is 18.2 Å². The number of anilines is 1. The normalized spacial score (nSPS) is 12.6. The number of carbonyl (C=O) groups excluding carboxylic acids is 2. The minimum Gasteiger partial charge on any atom is -0.432 e. The van der Waals surface area contributed by atoms with Gasteiger partial charge in [-0.3, -0.25) is 13.6 Å². The van der Waals surface area contributed by atoms with Gasteiger partial charge in [-0.15, -0.1) is 0 Å². The molecule has 0 bridgehead atoms. The standard InChI is InChI=1S/C23H37N4O11P/c1-16(2)37-22(28)32-13-35-39(30,36-14-33-23(29)38-17(3)4)15-34-19(11-31-5)8-6-7-18-9-10-20-21(24)25-12-26-27(18)20/h9-10,12,16-17,19H,6-8,11,13-15H2,1-5H3,(H2,24,25,26). The predicted octanol–water partition coefficient (Wildman–Crippen LogP) is 3.89. The first-order valence-electron chi connectivity index (χ1n) is 12.3. The van der Waals surface area contributed by atoms with E-state index in [1.165, 1.54) is 13.4 Å². The van der Waals surface area contributed by atoms with Gasteiger partial charge in [-0.25, -0.2) is 19.1 Å². The van der Waals surface area contributed by atoms with Gasteiger partial charge in [0.2, 0.25) is 13.6 Å². The van der Waals surface area contributed by atoms with Crippen LogP contribution in [0.25, 0.3) is 5.52 Å². The number of nitrogen functional groups attached to an aromatic ring is 1. The van der Waals surface area contributed by atoms with Crippen molar-refractivity contribution in [3.05, 3.63) is 24.2 Å². The highest BCUT2D eigenvalue weighted by Crippen LogP contribution is 2.48. The van der Waals surface area contributed by atoms with Crippen LogP contribution in [0.2, 0.25) is 0 Å². The zero-order valence-electron chi connectivity index (χ0n) is 22.8. The van der Waals surface area contributed by atoms with Gasteiger partial charge < -0.3 is 34.2 Å². The molecule has 2 aromatic heterocycles. The Kier molecular flexibility index (Phi) is 13.4. The number of ether oxygens (including phenoxy) is 6. The highest BCUT2D eigenvalue weighted by molar-refractivity contribution is 7.53. The lowest BCUT2D eigenvalue weighted by Crippen LogP contribution is -2.22. The number of hydrogen-bond donors (Lipinski definition) is 1. The fourth-order valence-electron chi connectivity index (χ4n) is 3.18. The summed E-state index contributed by atoms with van der Waals surface area (Å²) >= 11 is 0. The lowest BCUT2D eigenvalue weighted by atomic mass is 10.1. The lowest BCUT2D eigenvalue weighted by molar-refractivity contribution is -0.0415. The number of carbonyl (C=O) groups is 2. The third kappa shape index (κ3) is 11.8. The third-order valence-corrected chi connectivity index (χ3v) is 6.32. The summed E-state index contributed by atoms with van der Waals surface area (Å²) in [6.07, 6.45) is -0.671. The summed E-state index contributed by atoms with van der Waals surface area (Å²) in [6, 6.07) is 3.76. The van der Waals surface area contributed by atoms with E-state index in [9.17, 15) is 14.2 Å². The molecule has 2 N–H and O–H groups in total. The summed E-state index contributed by atoms with van der Waals surface area (Å²) in [4.78, 5) is 27.2. The Hall–Kier alpha value is -2.97. The van der Waals surface area contributed by atoms with Gasteiger partial charge in [0.15, 0.2) is 5.82 Å². The Bertz CT molecular complexity index is 1060. The molecule has 0 aliphatic heterocycles. The maximum Gasteiger partial charge on any atom is 0.510 e. The van der Waals surface area contributed by atoms with E-state index in [1.54, 1.807) is 32.2 Å². The van der Waals surface area contributed by atoms with Gasteiger partial charge in [0.05, 0.1) is 24.9 Å². The van der Waals surface area contributed by atoms with Gasteiger partial charge in [-0.1, -0.05) is 0 Å². The fourth-order valence-corrected chi connectivity index (χ4v) is 4.22. The fraction of sp³-hybridized carbons (Fsp3) is 0.652. The molecule has 0 aliphatic rings. The van der Waals surface area contributed by atoms with Crippen molar-refractivity contribution in [3.63, 3.8) is 0 Å². The number of fused-ring (bicyclic) bond motifs is 1. The van der Waals surface area contributed by atoms with Crippen LogP contribution < -0.4 is 5.73 Å². The highest BCUT2D eigenvalue weighted by atomic mass is 31.2. The molecule has 0 aromatic carbocycles. The van der Waals surface area contributed by atoms with Gasteiger partial charge >= 0.3 is 19.9 Å². The molecule has 0 spiro atoms. The smallest absolute Gasteiger partial charge is 0.432 e. The van der Waals surface area contributed by atoms with E-state index in [4.69, 9.17) is 43.2 Å². The average molecular weight is 577 g/mol. The Morgan fingerprint density at radius 3 is 2.21 bits per heavy atom. The molecule has 1 unspecified atom stereocenters. The summed E-state index contributed by atoms with van der Waals surface area (Å²) in [5, 5.41) is 4.23.